The second-order valence-corrected chi connectivity index (χ2v) is 6.55. The van der Waals surface area contributed by atoms with Crippen molar-refractivity contribution < 1.29 is 0 Å². The third kappa shape index (κ3) is 3.65. The normalized spacial score (nSPS) is 10.7. The van der Waals surface area contributed by atoms with Crippen LogP contribution in [0.2, 0.25) is 10.0 Å². The molecule has 2 aromatic rings. The van der Waals surface area contributed by atoms with Gasteiger partial charge in [-0.25, -0.2) is 0 Å². The topological polar surface area (TPSA) is 26.0 Å². The zero-order valence-corrected chi connectivity index (χ0v) is 13.2. The van der Waals surface area contributed by atoms with Crippen LogP contribution in [0.5, 0.6) is 0 Å². The predicted molar refractivity (Wildman–Crippen MR) is 82.6 cm³/mol. The number of rotatable bonds is 3. The number of benzene rings is 2. The van der Waals surface area contributed by atoms with Gasteiger partial charge >= 0.3 is 0 Å². The van der Waals surface area contributed by atoms with Gasteiger partial charge in [0.05, 0.1) is 10.0 Å². The Hall–Kier alpha value is -0.190. The summed E-state index contributed by atoms with van der Waals surface area (Å²) in [5.74, 6) is 0. The maximum Gasteiger partial charge on any atom is 0.0603 e. The fourth-order valence-corrected chi connectivity index (χ4v) is 3.51. The van der Waals surface area contributed by atoms with Gasteiger partial charge in [-0.15, -0.1) is 0 Å². The molecule has 0 aliphatic carbocycles. The SMILES string of the molecule is NCc1cc(Br)cc(Sc2ccc(Cl)c(Cl)c2)c1. The first-order valence-electron chi connectivity index (χ1n) is 5.21. The van der Waals surface area contributed by atoms with Gasteiger partial charge in [-0.05, 0) is 42.0 Å². The van der Waals surface area contributed by atoms with Crippen molar-refractivity contribution in [3.63, 3.8) is 0 Å². The Bertz CT molecular complexity index is 575. The van der Waals surface area contributed by atoms with Crippen molar-refractivity contribution >= 4 is 50.9 Å². The molecule has 0 bridgehead atoms. The van der Waals surface area contributed by atoms with Crippen molar-refractivity contribution in [2.24, 2.45) is 5.73 Å². The van der Waals surface area contributed by atoms with Gasteiger partial charge in [0.2, 0.25) is 0 Å². The van der Waals surface area contributed by atoms with E-state index in [2.05, 4.69) is 22.0 Å². The largest absolute Gasteiger partial charge is 0.326 e. The highest BCUT2D eigenvalue weighted by atomic mass is 79.9. The molecule has 0 atom stereocenters. The van der Waals surface area contributed by atoms with Crippen LogP contribution in [0, 0.1) is 0 Å². The second-order valence-electron chi connectivity index (χ2n) is 3.68. The third-order valence-electron chi connectivity index (χ3n) is 2.29. The molecule has 0 aromatic heterocycles. The van der Waals surface area contributed by atoms with Crippen molar-refractivity contribution in [2.45, 2.75) is 16.3 Å². The van der Waals surface area contributed by atoms with E-state index in [0.29, 0.717) is 16.6 Å². The fraction of sp³-hybridized carbons (Fsp3) is 0.0769. The van der Waals surface area contributed by atoms with Crippen molar-refractivity contribution in [3.05, 3.63) is 56.5 Å². The number of nitrogens with two attached hydrogens (primary N) is 1. The third-order valence-corrected chi connectivity index (χ3v) is 4.45. The second kappa shape index (κ2) is 6.31. The quantitative estimate of drug-likeness (QED) is 0.794. The average molecular weight is 363 g/mol. The molecule has 0 amide bonds. The predicted octanol–water partition coefficient (Wildman–Crippen LogP) is 5.37. The standard InChI is InChI=1S/C13H10BrCl2NS/c14-9-3-8(7-17)4-11(5-9)18-10-1-2-12(15)13(16)6-10/h1-6H,7,17H2. The lowest BCUT2D eigenvalue weighted by molar-refractivity contribution is 1.06. The van der Waals surface area contributed by atoms with Gasteiger partial charge in [0, 0.05) is 20.8 Å². The summed E-state index contributed by atoms with van der Waals surface area (Å²) in [5, 5.41) is 1.13. The highest BCUT2D eigenvalue weighted by Gasteiger charge is 2.04. The Morgan fingerprint density at radius 3 is 2.44 bits per heavy atom. The van der Waals surface area contributed by atoms with Crippen molar-refractivity contribution in [1.82, 2.24) is 0 Å². The molecule has 18 heavy (non-hydrogen) atoms. The summed E-state index contributed by atoms with van der Waals surface area (Å²) >= 11 is 17.0. The number of hydrogen-bond donors (Lipinski definition) is 1. The molecule has 2 rings (SSSR count). The first kappa shape index (κ1) is 14.2. The highest BCUT2D eigenvalue weighted by Crippen LogP contribution is 2.34. The Balaban J connectivity index is 2.27. The summed E-state index contributed by atoms with van der Waals surface area (Å²) in [5.41, 5.74) is 6.75. The highest BCUT2D eigenvalue weighted by molar-refractivity contribution is 9.10. The molecule has 0 aliphatic heterocycles. The molecule has 0 spiro atoms. The van der Waals surface area contributed by atoms with E-state index in [0.717, 1.165) is 19.8 Å². The molecule has 0 unspecified atom stereocenters. The first-order chi connectivity index (χ1) is 8.58. The molecule has 94 valence electrons. The average Bonchev–Trinajstić information content (AvgIpc) is 2.33. The van der Waals surface area contributed by atoms with Crippen LogP contribution in [0.15, 0.2) is 50.7 Å². The maximum absolute atomic E-state index is 6.00. The van der Waals surface area contributed by atoms with Crippen LogP contribution in [0.1, 0.15) is 5.56 Å². The van der Waals surface area contributed by atoms with E-state index in [1.807, 2.05) is 24.3 Å². The first-order valence-corrected chi connectivity index (χ1v) is 7.57. The van der Waals surface area contributed by atoms with E-state index in [-0.39, 0.29) is 0 Å². The molecule has 2 aromatic carbocycles. The summed E-state index contributed by atoms with van der Waals surface area (Å²) in [6, 6.07) is 11.7. The van der Waals surface area contributed by atoms with Crippen LogP contribution in [0.25, 0.3) is 0 Å². The molecule has 2 N–H and O–H groups in total. The summed E-state index contributed by atoms with van der Waals surface area (Å²) in [6.07, 6.45) is 0. The summed E-state index contributed by atoms with van der Waals surface area (Å²) in [4.78, 5) is 2.16. The minimum atomic E-state index is 0.522. The molecule has 0 saturated carbocycles. The van der Waals surface area contributed by atoms with Gasteiger partial charge in [-0.3, -0.25) is 0 Å². The smallest absolute Gasteiger partial charge is 0.0603 e. The van der Waals surface area contributed by atoms with Gasteiger partial charge in [0.15, 0.2) is 0 Å². The van der Waals surface area contributed by atoms with Gasteiger partial charge in [0.1, 0.15) is 0 Å². The van der Waals surface area contributed by atoms with Crippen LogP contribution >= 0.6 is 50.9 Å². The monoisotopic (exact) mass is 361 g/mol. The molecule has 5 heteroatoms. The maximum atomic E-state index is 6.00. The van der Waals surface area contributed by atoms with E-state index in [1.165, 1.54) is 0 Å². The van der Waals surface area contributed by atoms with E-state index >= 15 is 0 Å². The van der Waals surface area contributed by atoms with Crippen molar-refractivity contribution in [1.29, 1.82) is 0 Å². The summed E-state index contributed by atoms with van der Waals surface area (Å²) < 4.78 is 1.02. The van der Waals surface area contributed by atoms with E-state index in [9.17, 15) is 0 Å². The van der Waals surface area contributed by atoms with Crippen LogP contribution in [-0.4, -0.2) is 0 Å². The van der Waals surface area contributed by atoms with Gasteiger partial charge in [-0.2, -0.15) is 0 Å². The molecule has 0 fully saturated rings. The van der Waals surface area contributed by atoms with E-state index < -0.39 is 0 Å². The molecule has 0 heterocycles. The molecule has 1 nitrogen and oxygen atoms in total. The Kier molecular flexibility index (Phi) is 4.98. The van der Waals surface area contributed by atoms with Gasteiger partial charge in [0.25, 0.3) is 0 Å². The van der Waals surface area contributed by atoms with Crippen LogP contribution in [-0.2, 0) is 6.54 Å². The lowest BCUT2D eigenvalue weighted by atomic mass is 10.2. The number of halogens is 3. The van der Waals surface area contributed by atoms with Crippen LogP contribution in [0.4, 0.5) is 0 Å². The van der Waals surface area contributed by atoms with E-state index in [1.54, 1.807) is 17.8 Å². The number of hydrogen-bond acceptors (Lipinski definition) is 2. The minimum absolute atomic E-state index is 0.522. The van der Waals surface area contributed by atoms with E-state index in [4.69, 9.17) is 28.9 Å². The fourth-order valence-electron chi connectivity index (χ4n) is 1.47. The van der Waals surface area contributed by atoms with Crippen LogP contribution < -0.4 is 5.73 Å². The minimum Gasteiger partial charge on any atom is -0.326 e. The van der Waals surface area contributed by atoms with Crippen LogP contribution in [0.3, 0.4) is 0 Å². The van der Waals surface area contributed by atoms with Crippen molar-refractivity contribution in [3.8, 4) is 0 Å². The molecular formula is C13H10BrCl2NS. The van der Waals surface area contributed by atoms with Gasteiger partial charge < -0.3 is 5.73 Å². The summed E-state index contributed by atoms with van der Waals surface area (Å²) in [6.45, 7) is 0.522. The zero-order chi connectivity index (χ0) is 13.1. The molecule has 0 saturated heterocycles. The Morgan fingerprint density at radius 1 is 1.00 bits per heavy atom. The Morgan fingerprint density at radius 2 is 1.78 bits per heavy atom. The van der Waals surface area contributed by atoms with Crippen molar-refractivity contribution in [2.75, 3.05) is 0 Å². The molecular weight excluding hydrogens is 353 g/mol. The lowest BCUT2D eigenvalue weighted by Crippen LogP contribution is -1.96. The zero-order valence-electron chi connectivity index (χ0n) is 9.29. The van der Waals surface area contributed by atoms with Gasteiger partial charge in [-0.1, -0.05) is 50.9 Å². The lowest BCUT2D eigenvalue weighted by Gasteiger charge is -2.06. The summed E-state index contributed by atoms with van der Waals surface area (Å²) in [7, 11) is 0. The molecule has 0 radical (unpaired) electrons. The molecule has 0 aliphatic rings. The Labute approximate surface area is 129 Å².